The summed E-state index contributed by atoms with van der Waals surface area (Å²) in [5.74, 6) is 4.61. The summed E-state index contributed by atoms with van der Waals surface area (Å²) in [5, 5.41) is 0. The molecule has 0 aliphatic rings. The van der Waals surface area contributed by atoms with Gasteiger partial charge in [0.25, 0.3) is 0 Å². The van der Waals surface area contributed by atoms with Crippen molar-refractivity contribution >= 4 is 0 Å². The Labute approximate surface area is 516 Å². The molecular formula is C77H84NO9. The second-order valence-electron chi connectivity index (χ2n) is 21.9. The number of nitrogens with zero attached hydrogens (tertiary/aromatic N) is 1. The Morgan fingerprint density at radius 2 is 0.483 bits per heavy atom. The molecule has 0 fully saturated rings. The van der Waals surface area contributed by atoms with Gasteiger partial charge < -0.3 is 47.5 Å². The number of rotatable bonds is 33. The molecule has 0 unspecified atom stereocenters. The fourth-order valence-corrected chi connectivity index (χ4v) is 12.5. The number of benzene rings is 9. The summed E-state index contributed by atoms with van der Waals surface area (Å²) in [4.78, 5) is 2.55. The largest absolute Gasteiger partial charge is 0.497 e. The predicted molar refractivity (Wildman–Crippen MR) is 348 cm³/mol. The van der Waals surface area contributed by atoms with Gasteiger partial charge in [0.15, 0.2) is 0 Å². The van der Waals surface area contributed by atoms with Gasteiger partial charge in [-0.1, -0.05) is 171 Å². The molecule has 0 amide bonds. The van der Waals surface area contributed by atoms with Crippen LogP contribution in [0.1, 0.15) is 95.0 Å². The van der Waals surface area contributed by atoms with E-state index in [9.17, 15) is 0 Å². The molecule has 0 bridgehead atoms. The minimum Gasteiger partial charge on any atom is -0.497 e. The molecule has 0 heterocycles. The second kappa shape index (κ2) is 30.3. The minimum absolute atomic E-state index is 0.366. The molecule has 0 saturated heterocycles. The van der Waals surface area contributed by atoms with E-state index in [1.807, 2.05) is 91.0 Å². The Hall–Kier alpha value is -8.38. The topological polar surface area (TPSA) is 86.3 Å². The molecule has 9 rings (SSSR count). The first-order valence-electron chi connectivity index (χ1n) is 30.1. The van der Waals surface area contributed by atoms with Crippen LogP contribution in [0, 0.1) is 6.92 Å². The lowest BCUT2D eigenvalue weighted by molar-refractivity contribution is -0.0179. The number of hydrogen-bond acceptors (Lipinski definition) is 10. The van der Waals surface area contributed by atoms with E-state index in [0.717, 1.165) is 136 Å². The van der Waals surface area contributed by atoms with Crippen LogP contribution in [0.25, 0.3) is 0 Å². The van der Waals surface area contributed by atoms with Gasteiger partial charge in [-0.2, -0.15) is 0 Å². The van der Waals surface area contributed by atoms with E-state index in [4.69, 9.17) is 42.6 Å². The van der Waals surface area contributed by atoms with Gasteiger partial charge in [0.2, 0.25) is 0 Å². The molecule has 0 saturated carbocycles. The Morgan fingerprint density at radius 3 is 0.667 bits per heavy atom. The van der Waals surface area contributed by atoms with Gasteiger partial charge in [-0.25, -0.2) is 0 Å². The quantitative estimate of drug-likeness (QED) is 0.0293. The summed E-state index contributed by atoms with van der Waals surface area (Å²) in [6, 6.07) is 81.0. The zero-order valence-electron chi connectivity index (χ0n) is 51.6. The van der Waals surface area contributed by atoms with Crippen molar-refractivity contribution in [2.45, 2.75) is 67.3 Å². The van der Waals surface area contributed by atoms with E-state index in [1.165, 1.54) is 0 Å². The van der Waals surface area contributed by atoms with Gasteiger partial charge >= 0.3 is 0 Å². The standard InChI is InChI=1S/C77H84NO9/c1-9-55-78(2)74(52-19-56-85-75(59-22-13-10-14-23-59,62-28-40-68(79-3)41-29-62)63-30-42-69(80-4)43-31-63,53-20-57-86-76(60-24-15-11-16-25-60,64-32-44-70(81-5)45-33-64)65-34-46-71(82-6)47-35-65)54-21-58-87-77(61-26-17-12-18-27-61,66-36-48-72(83-7)49-37-66)67-38-50-73(84-8)51-39-67/h10-18,22-51H,1,9,19-21,52-58H2,2-8H3. The fraction of sp³-hybridized carbons (Fsp3) is 0.286. The molecule has 10 nitrogen and oxygen atoms in total. The highest BCUT2D eigenvalue weighted by Gasteiger charge is 2.42. The second-order valence-corrected chi connectivity index (χ2v) is 21.9. The summed E-state index contributed by atoms with van der Waals surface area (Å²) >= 11 is 0. The van der Waals surface area contributed by atoms with Crippen LogP contribution in [0.3, 0.4) is 0 Å². The van der Waals surface area contributed by atoms with Crippen LogP contribution in [0.15, 0.2) is 237 Å². The van der Waals surface area contributed by atoms with Crippen molar-refractivity contribution in [1.82, 2.24) is 4.90 Å². The summed E-state index contributed by atoms with van der Waals surface area (Å²) < 4.78 is 56.8. The summed E-state index contributed by atoms with van der Waals surface area (Å²) in [5.41, 5.74) is 5.67. The van der Waals surface area contributed by atoms with Crippen LogP contribution < -0.4 is 28.4 Å². The van der Waals surface area contributed by atoms with Crippen molar-refractivity contribution in [2.75, 3.05) is 76.1 Å². The van der Waals surface area contributed by atoms with E-state index in [0.29, 0.717) is 19.8 Å². The zero-order valence-corrected chi connectivity index (χ0v) is 51.6. The normalized spacial score (nSPS) is 12.0. The van der Waals surface area contributed by atoms with Crippen LogP contribution >= 0.6 is 0 Å². The molecule has 0 aromatic heterocycles. The highest BCUT2D eigenvalue weighted by Crippen LogP contribution is 2.46. The van der Waals surface area contributed by atoms with Crippen LogP contribution in [-0.2, 0) is 31.0 Å². The first-order valence-corrected chi connectivity index (χ1v) is 30.1. The van der Waals surface area contributed by atoms with Crippen molar-refractivity contribution in [3.8, 4) is 34.5 Å². The molecule has 10 heteroatoms. The summed E-state index contributed by atoms with van der Waals surface area (Å²) in [6.07, 6.45) is 5.36. The smallest absolute Gasteiger partial charge is 0.143 e. The van der Waals surface area contributed by atoms with Crippen molar-refractivity contribution in [2.24, 2.45) is 0 Å². The molecule has 9 aromatic carbocycles. The third kappa shape index (κ3) is 14.1. The van der Waals surface area contributed by atoms with Crippen molar-refractivity contribution < 1.29 is 42.6 Å². The maximum absolute atomic E-state index is 7.57. The molecular weight excluding hydrogens is 1080 g/mol. The SMILES string of the molecule is [CH2]CCN(C)C(CCCOC(c1ccccc1)(c1ccc(OC)cc1)c1ccc(OC)cc1)(CCCOC(c1ccccc1)(c1ccc(OC)cc1)c1ccc(OC)cc1)CCCOC(c1ccccc1)(c1ccc(OC)cc1)c1ccc(OC)cc1. The van der Waals surface area contributed by atoms with Gasteiger partial charge in [-0.15, -0.1) is 0 Å². The van der Waals surface area contributed by atoms with E-state index in [2.05, 4.69) is 164 Å². The average molecular weight is 1170 g/mol. The molecule has 0 N–H and O–H groups in total. The van der Waals surface area contributed by atoms with E-state index < -0.39 is 16.8 Å². The summed E-state index contributed by atoms with van der Waals surface area (Å²) in [7, 11) is 12.4. The third-order valence-corrected chi connectivity index (χ3v) is 17.1. The number of methoxy groups -OCH3 is 6. The molecule has 0 atom stereocenters. The van der Waals surface area contributed by atoms with Gasteiger partial charge in [-0.3, -0.25) is 0 Å². The molecule has 87 heavy (non-hydrogen) atoms. The van der Waals surface area contributed by atoms with Gasteiger partial charge in [-0.05, 0) is 181 Å². The number of hydrogen-bond donors (Lipinski definition) is 0. The Balaban J connectivity index is 1.10. The monoisotopic (exact) mass is 1170 g/mol. The molecule has 9 aromatic rings. The predicted octanol–water partition coefficient (Wildman–Crippen LogP) is 16.3. The van der Waals surface area contributed by atoms with Crippen LogP contribution in [0.5, 0.6) is 34.5 Å². The van der Waals surface area contributed by atoms with Crippen molar-refractivity contribution in [3.05, 3.63) is 294 Å². The maximum atomic E-state index is 7.57. The average Bonchev–Trinajstić information content (AvgIpc) is 1.02. The Morgan fingerprint density at radius 1 is 0.287 bits per heavy atom. The van der Waals surface area contributed by atoms with E-state index in [-0.39, 0.29) is 5.54 Å². The van der Waals surface area contributed by atoms with Gasteiger partial charge in [0, 0.05) is 25.4 Å². The molecule has 0 aliphatic carbocycles. The fourth-order valence-electron chi connectivity index (χ4n) is 12.5. The van der Waals surface area contributed by atoms with Crippen LogP contribution in [-0.4, -0.2) is 86.5 Å². The minimum atomic E-state index is -0.975. The molecule has 1 radical (unpaired) electrons. The zero-order chi connectivity index (χ0) is 61.0. The van der Waals surface area contributed by atoms with Crippen LogP contribution in [0.2, 0.25) is 0 Å². The molecule has 0 spiro atoms. The van der Waals surface area contributed by atoms with Crippen molar-refractivity contribution in [1.29, 1.82) is 0 Å². The first kappa shape index (κ1) is 63.1. The van der Waals surface area contributed by atoms with Crippen LogP contribution in [0.4, 0.5) is 0 Å². The van der Waals surface area contributed by atoms with Gasteiger partial charge in [0.05, 0.1) is 42.7 Å². The van der Waals surface area contributed by atoms with E-state index in [1.54, 1.807) is 42.7 Å². The molecule has 451 valence electrons. The van der Waals surface area contributed by atoms with Gasteiger partial charge in [0.1, 0.15) is 51.3 Å². The Bertz CT molecular complexity index is 2930. The Kier molecular flexibility index (Phi) is 22.0. The highest BCUT2D eigenvalue weighted by atomic mass is 16.5. The lowest BCUT2D eigenvalue weighted by Gasteiger charge is -2.44. The lowest BCUT2D eigenvalue weighted by Crippen LogP contribution is -2.48. The lowest BCUT2D eigenvalue weighted by atomic mass is 9.79. The highest BCUT2D eigenvalue weighted by molar-refractivity contribution is 5.53. The first-order chi connectivity index (χ1) is 42.6. The molecule has 0 aliphatic heterocycles. The van der Waals surface area contributed by atoms with E-state index >= 15 is 0 Å². The third-order valence-electron chi connectivity index (χ3n) is 17.1. The number of ether oxygens (including phenoxy) is 9. The van der Waals surface area contributed by atoms with Crippen molar-refractivity contribution in [3.63, 3.8) is 0 Å². The summed E-state index contributed by atoms with van der Waals surface area (Å²) in [6.45, 7) is 6.54. The maximum Gasteiger partial charge on any atom is 0.143 e.